The van der Waals surface area contributed by atoms with Crippen LogP contribution < -0.4 is 19.5 Å². The molecule has 2 N–H and O–H groups in total. The first kappa shape index (κ1) is 18.7. The number of aromatic nitrogens is 1. The summed E-state index contributed by atoms with van der Waals surface area (Å²) in [5, 5.41) is 8.57. The van der Waals surface area contributed by atoms with Gasteiger partial charge in [-0.15, -0.1) is 11.3 Å². The van der Waals surface area contributed by atoms with Crippen molar-refractivity contribution in [2.75, 3.05) is 6.61 Å². The topological polar surface area (TPSA) is 96.5 Å². The molecule has 0 radical (unpaired) electrons. The molecule has 1 aromatic carbocycles. The van der Waals surface area contributed by atoms with Crippen LogP contribution in [-0.2, 0) is 9.59 Å². The van der Waals surface area contributed by atoms with Gasteiger partial charge in [-0.25, -0.2) is 4.79 Å². The smallest absolute Gasteiger partial charge is 0.341 e. The van der Waals surface area contributed by atoms with Crippen LogP contribution in [0.15, 0.2) is 29.1 Å². The first-order valence-electron chi connectivity index (χ1n) is 7.57. The van der Waals surface area contributed by atoms with Crippen molar-refractivity contribution >= 4 is 35.2 Å². The van der Waals surface area contributed by atoms with Crippen LogP contribution in [0.2, 0.25) is 0 Å². The fourth-order valence-corrected chi connectivity index (χ4v) is 2.70. The van der Waals surface area contributed by atoms with Gasteiger partial charge < -0.3 is 14.8 Å². The third kappa shape index (κ3) is 5.42. The van der Waals surface area contributed by atoms with Crippen LogP contribution in [0, 0.1) is 5.41 Å². The molecule has 0 amide bonds. The molecular weight excluding hydrogens is 342 g/mol. The Kier molecular flexibility index (Phi) is 5.58. The SMILES string of the molecule is CC(C)(C)C(=O)/C=c1\[nH]c(=O)/c(=C/c2ccc(OCC(=O)O)cc2)s1. The number of carbonyl (C=O) groups is 2. The lowest BCUT2D eigenvalue weighted by Gasteiger charge is -2.12. The number of carboxylic acid groups (broad SMARTS) is 1. The normalized spacial score (nSPS) is 13.1. The largest absolute Gasteiger partial charge is 0.482 e. The molecular formula is C18H19NO5S. The fourth-order valence-electron chi connectivity index (χ4n) is 1.82. The maximum atomic E-state index is 12.0. The summed E-state index contributed by atoms with van der Waals surface area (Å²) in [6.45, 7) is 5.05. The summed E-state index contributed by atoms with van der Waals surface area (Å²) in [6.07, 6.45) is 3.15. The second-order valence-electron chi connectivity index (χ2n) is 6.44. The second kappa shape index (κ2) is 7.48. The fraction of sp³-hybridized carbons (Fsp3) is 0.278. The molecule has 0 spiro atoms. The minimum absolute atomic E-state index is 0.0588. The Labute approximate surface area is 148 Å². The van der Waals surface area contributed by atoms with E-state index in [0.717, 1.165) is 5.56 Å². The second-order valence-corrected chi connectivity index (χ2v) is 7.52. The number of Topliss-reactive ketones (excluding diaryl/α,β-unsaturated/α-hetero) is 1. The van der Waals surface area contributed by atoms with E-state index in [4.69, 9.17) is 9.84 Å². The van der Waals surface area contributed by atoms with Gasteiger partial charge in [0.1, 0.15) is 5.75 Å². The quantitative estimate of drug-likeness (QED) is 0.832. The van der Waals surface area contributed by atoms with Crippen molar-refractivity contribution in [1.29, 1.82) is 0 Å². The van der Waals surface area contributed by atoms with Crippen LogP contribution in [0.4, 0.5) is 0 Å². The predicted molar refractivity (Wildman–Crippen MR) is 96.3 cm³/mol. The molecule has 0 aliphatic heterocycles. The first-order chi connectivity index (χ1) is 11.6. The zero-order chi connectivity index (χ0) is 18.6. The Morgan fingerprint density at radius 3 is 2.44 bits per heavy atom. The van der Waals surface area contributed by atoms with Crippen molar-refractivity contribution in [2.45, 2.75) is 20.8 Å². The summed E-state index contributed by atoms with van der Waals surface area (Å²) in [4.78, 5) is 37.2. The third-order valence-electron chi connectivity index (χ3n) is 3.22. The van der Waals surface area contributed by atoms with Gasteiger partial charge in [0.05, 0.1) is 9.20 Å². The monoisotopic (exact) mass is 361 g/mol. The van der Waals surface area contributed by atoms with Crippen molar-refractivity contribution in [3.8, 4) is 5.75 Å². The van der Waals surface area contributed by atoms with Gasteiger partial charge in [0.25, 0.3) is 5.56 Å². The van der Waals surface area contributed by atoms with Gasteiger partial charge in [-0.1, -0.05) is 32.9 Å². The lowest BCUT2D eigenvalue weighted by atomic mass is 9.91. The van der Waals surface area contributed by atoms with E-state index in [1.807, 2.05) is 20.8 Å². The molecule has 7 heteroatoms. The Balaban J connectivity index is 2.27. The molecule has 0 fully saturated rings. The highest BCUT2D eigenvalue weighted by Gasteiger charge is 2.18. The number of aromatic amines is 1. The summed E-state index contributed by atoms with van der Waals surface area (Å²) in [6, 6.07) is 6.71. The van der Waals surface area contributed by atoms with E-state index in [-0.39, 0.29) is 11.3 Å². The number of aliphatic carboxylic acids is 1. The highest BCUT2D eigenvalue weighted by molar-refractivity contribution is 7.07. The van der Waals surface area contributed by atoms with Gasteiger partial charge in [-0.3, -0.25) is 9.59 Å². The molecule has 1 aromatic heterocycles. The number of nitrogens with one attached hydrogen (secondary N) is 1. The average Bonchev–Trinajstić information content (AvgIpc) is 2.85. The summed E-state index contributed by atoms with van der Waals surface area (Å²) in [5.41, 5.74) is 0.00387. The van der Waals surface area contributed by atoms with E-state index in [0.29, 0.717) is 14.9 Å². The van der Waals surface area contributed by atoms with E-state index in [1.54, 1.807) is 30.3 Å². The van der Waals surface area contributed by atoms with Crippen LogP contribution in [0.5, 0.6) is 5.75 Å². The predicted octanol–water partition coefficient (Wildman–Crippen LogP) is 1.12. The van der Waals surface area contributed by atoms with E-state index in [2.05, 4.69) is 4.98 Å². The van der Waals surface area contributed by atoms with E-state index in [1.165, 1.54) is 17.4 Å². The Morgan fingerprint density at radius 1 is 1.24 bits per heavy atom. The Bertz CT molecular complexity index is 945. The van der Waals surface area contributed by atoms with Crippen molar-refractivity contribution in [1.82, 2.24) is 4.98 Å². The standard InChI is InChI=1S/C18H19NO5S/c1-18(2,3)14(20)9-15-19-17(23)13(25-15)8-11-4-6-12(7-5-11)24-10-16(21)22/h4-9H,10H2,1-3H3,(H,19,23)(H,21,22)/b13-8-,15-9+. The summed E-state index contributed by atoms with van der Waals surface area (Å²) in [7, 11) is 0. The molecule has 0 saturated heterocycles. The Hall–Kier alpha value is -2.67. The number of rotatable bonds is 5. The molecule has 0 aliphatic carbocycles. The van der Waals surface area contributed by atoms with Gasteiger partial charge in [0.15, 0.2) is 12.4 Å². The van der Waals surface area contributed by atoms with Gasteiger partial charge >= 0.3 is 5.97 Å². The summed E-state index contributed by atoms with van der Waals surface area (Å²) < 4.78 is 6.05. The number of ether oxygens (including phenoxy) is 1. The zero-order valence-corrected chi connectivity index (χ0v) is 15.0. The van der Waals surface area contributed by atoms with Crippen LogP contribution in [-0.4, -0.2) is 28.4 Å². The molecule has 0 aliphatic rings. The number of hydrogen-bond donors (Lipinski definition) is 2. The van der Waals surface area contributed by atoms with Gasteiger partial charge in [-0.05, 0) is 23.8 Å². The van der Waals surface area contributed by atoms with E-state index in [9.17, 15) is 14.4 Å². The molecule has 0 atom stereocenters. The van der Waals surface area contributed by atoms with Gasteiger partial charge in [-0.2, -0.15) is 0 Å². The van der Waals surface area contributed by atoms with Crippen LogP contribution in [0.3, 0.4) is 0 Å². The number of H-pyrrole nitrogens is 1. The molecule has 0 saturated carbocycles. The summed E-state index contributed by atoms with van der Waals surface area (Å²) in [5.74, 6) is -0.671. The first-order valence-corrected chi connectivity index (χ1v) is 8.38. The summed E-state index contributed by atoms with van der Waals surface area (Å²) >= 11 is 1.21. The number of hydrogen-bond acceptors (Lipinski definition) is 5. The number of benzene rings is 1. The molecule has 0 bridgehead atoms. The highest BCUT2D eigenvalue weighted by atomic mass is 32.1. The van der Waals surface area contributed by atoms with Crippen LogP contribution in [0.1, 0.15) is 26.3 Å². The minimum atomic E-state index is -1.05. The van der Waals surface area contributed by atoms with Crippen molar-refractivity contribution in [3.63, 3.8) is 0 Å². The molecule has 0 unspecified atom stereocenters. The maximum absolute atomic E-state index is 12.0. The third-order valence-corrected chi connectivity index (χ3v) is 4.18. The lowest BCUT2D eigenvalue weighted by molar-refractivity contribution is -0.139. The van der Waals surface area contributed by atoms with Crippen molar-refractivity contribution < 1.29 is 19.4 Å². The lowest BCUT2D eigenvalue weighted by Crippen LogP contribution is -2.22. The average molecular weight is 361 g/mol. The molecule has 2 rings (SSSR count). The molecule has 1 heterocycles. The minimum Gasteiger partial charge on any atom is -0.482 e. The van der Waals surface area contributed by atoms with Crippen LogP contribution >= 0.6 is 11.3 Å². The number of thiazole rings is 1. The number of carboxylic acids is 1. The molecule has 132 valence electrons. The number of carbonyl (C=O) groups excluding carboxylic acids is 1. The zero-order valence-electron chi connectivity index (χ0n) is 14.2. The van der Waals surface area contributed by atoms with Gasteiger partial charge in [0.2, 0.25) is 0 Å². The highest BCUT2D eigenvalue weighted by Crippen LogP contribution is 2.15. The molecule has 2 aromatic rings. The van der Waals surface area contributed by atoms with E-state index >= 15 is 0 Å². The molecule has 25 heavy (non-hydrogen) atoms. The van der Waals surface area contributed by atoms with Crippen molar-refractivity contribution in [3.05, 3.63) is 49.4 Å². The maximum Gasteiger partial charge on any atom is 0.341 e. The molecule has 6 nitrogen and oxygen atoms in total. The van der Waals surface area contributed by atoms with Crippen molar-refractivity contribution in [2.24, 2.45) is 5.41 Å². The van der Waals surface area contributed by atoms with Gasteiger partial charge in [0, 0.05) is 11.5 Å². The number of ketones is 1. The van der Waals surface area contributed by atoms with E-state index < -0.39 is 18.0 Å². The Morgan fingerprint density at radius 2 is 1.88 bits per heavy atom. The van der Waals surface area contributed by atoms with Crippen LogP contribution in [0.25, 0.3) is 12.2 Å².